The van der Waals surface area contributed by atoms with Crippen LogP contribution in [0.25, 0.3) is 0 Å². The van der Waals surface area contributed by atoms with Crippen molar-refractivity contribution in [1.82, 2.24) is 4.92 Å². The van der Waals surface area contributed by atoms with Crippen molar-refractivity contribution < 1.29 is 5.02 Å². The van der Waals surface area contributed by atoms with Crippen LogP contribution in [0.2, 0.25) is 0 Å². The number of hydrogen-bond acceptors (Lipinski definition) is 4. The lowest BCUT2D eigenvalue weighted by Gasteiger charge is -2.22. The monoisotopic (exact) mass is 180 g/mol. The van der Waals surface area contributed by atoms with Crippen molar-refractivity contribution in [3.05, 3.63) is 17.0 Å². The predicted molar refractivity (Wildman–Crippen MR) is 51.9 cm³/mol. The largest absolute Gasteiger partial charge is 0.477 e. The van der Waals surface area contributed by atoms with Gasteiger partial charge in [0.05, 0.1) is 5.71 Å². The second-order valence-corrected chi connectivity index (χ2v) is 3.78. The van der Waals surface area contributed by atoms with Gasteiger partial charge in [-0.15, -0.1) is 0 Å². The summed E-state index contributed by atoms with van der Waals surface area (Å²) >= 11 is 1.57. The van der Waals surface area contributed by atoms with Gasteiger partial charge in [0.2, 0.25) is 0 Å². The van der Waals surface area contributed by atoms with Crippen molar-refractivity contribution in [1.29, 1.82) is 0 Å². The molecule has 0 amide bonds. The van der Waals surface area contributed by atoms with Gasteiger partial charge in [-0.25, -0.2) is 0 Å². The first-order chi connectivity index (χ1) is 5.70. The van der Waals surface area contributed by atoms with Gasteiger partial charge in [0.25, 0.3) is 0 Å². The summed E-state index contributed by atoms with van der Waals surface area (Å²) in [5, 5.41) is 15.8. The SMILES string of the molecule is CC1=NN(C)B(O)c2sccc21. The third kappa shape index (κ3) is 0.973. The maximum absolute atomic E-state index is 9.67. The Morgan fingerprint density at radius 2 is 2.42 bits per heavy atom. The Hall–Kier alpha value is -0.805. The van der Waals surface area contributed by atoms with Crippen molar-refractivity contribution in [2.75, 3.05) is 7.05 Å². The molecule has 0 aromatic carbocycles. The van der Waals surface area contributed by atoms with E-state index in [2.05, 4.69) is 5.10 Å². The Labute approximate surface area is 75.5 Å². The fourth-order valence-electron chi connectivity index (χ4n) is 1.33. The third-order valence-corrected chi connectivity index (χ3v) is 2.94. The first-order valence-electron chi connectivity index (χ1n) is 3.74. The minimum atomic E-state index is -0.566. The molecular weight excluding hydrogens is 171 g/mol. The Balaban J connectivity index is 2.54. The zero-order valence-electron chi connectivity index (χ0n) is 6.98. The van der Waals surface area contributed by atoms with Crippen molar-refractivity contribution in [2.24, 2.45) is 5.10 Å². The summed E-state index contributed by atoms with van der Waals surface area (Å²) in [6.07, 6.45) is 0. The molecule has 0 saturated carbocycles. The van der Waals surface area contributed by atoms with Gasteiger partial charge in [-0.05, 0) is 18.4 Å². The maximum Gasteiger partial charge on any atom is 0.477 e. The quantitative estimate of drug-likeness (QED) is 0.575. The van der Waals surface area contributed by atoms with Gasteiger partial charge in [-0.2, -0.15) is 16.4 Å². The molecule has 1 aliphatic heterocycles. The molecule has 2 rings (SSSR count). The molecule has 1 aromatic rings. The van der Waals surface area contributed by atoms with Crippen LogP contribution < -0.4 is 4.78 Å². The van der Waals surface area contributed by atoms with Crippen molar-refractivity contribution in [3.63, 3.8) is 0 Å². The summed E-state index contributed by atoms with van der Waals surface area (Å²) in [6.45, 7) is 1.95. The topological polar surface area (TPSA) is 35.8 Å². The van der Waals surface area contributed by atoms with Crippen LogP contribution in [0.3, 0.4) is 0 Å². The Bertz CT molecular complexity index is 336. The highest BCUT2D eigenvalue weighted by Crippen LogP contribution is 2.12. The second kappa shape index (κ2) is 2.60. The average Bonchev–Trinajstić information content (AvgIpc) is 2.48. The lowest BCUT2D eigenvalue weighted by Crippen LogP contribution is -2.47. The van der Waals surface area contributed by atoms with Crippen molar-refractivity contribution >= 4 is 28.9 Å². The molecule has 62 valence electrons. The normalized spacial score (nSPS) is 16.1. The second-order valence-electron chi connectivity index (χ2n) is 2.83. The molecule has 2 heterocycles. The van der Waals surface area contributed by atoms with E-state index in [0.717, 1.165) is 16.1 Å². The summed E-state index contributed by atoms with van der Waals surface area (Å²) < 4.78 is 0.991. The van der Waals surface area contributed by atoms with E-state index < -0.39 is 7.05 Å². The van der Waals surface area contributed by atoms with E-state index in [1.807, 2.05) is 18.4 Å². The van der Waals surface area contributed by atoms with Gasteiger partial charge < -0.3 is 9.94 Å². The fourth-order valence-corrected chi connectivity index (χ4v) is 2.30. The van der Waals surface area contributed by atoms with E-state index in [4.69, 9.17) is 0 Å². The Morgan fingerprint density at radius 1 is 1.67 bits per heavy atom. The summed E-state index contributed by atoms with van der Waals surface area (Å²) in [5.74, 6) is 0. The number of rotatable bonds is 0. The molecule has 1 N–H and O–H groups in total. The van der Waals surface area contributed by atoms with E-state index in [1.54, 1.807) is 23.3 Å². The molecule has 1 aliphatic rings. The molecule has 0 unspecified atom stereocenters. The van der Waals surface area contributed by atoms with Crippen LogP contribution in [-0.4, -0.2) is 29.8 Å². The third-order valence-electron chi connectivity index (χ3n) is 1.98. The number of hydrogen-bond donors (Lipinski definition) is 1. The van der Waals surface area contributed by atoms with Crippen LogP contribution in [-0.2, 0) is 0 Å². The molecule has 0 fully saturated rings. The average molecular weight is 180 g/mol. The van der Waals surface area contributed by atoms with Gasteiger partial charge in [-0.1, -0.05) is 0 Å². The molecule has 0 saturated heterocycles. The lowest BCUT2D eigenvalue weighted by molar-refractivity contribution is 0.442. The molecule has 12 heavy (non-hydrogen) atoms. The van der Waals surface area contributed by atoms with Crippen LogP contribution in [0, 0.1) is 0 Å². The highest BCUT2D eigenvalue weighted by Gasteiger charge is 2.29. The smallest absolute Gasteiger partial charge is 0.427 e. The molecule has 3 nitrogen and oxygen atoms in total. The van der Waals surface area contributed by atoms with Gasteiger partial charge >= 0.3 is 7.05 Å². The number of nitrogens with zero attached hydrogens (tertiary/aromatic N) is 2. The molecule has 5 heteroatoms. The Morgan fingerprint density at radius 3 is 3.17 bits per heavy atom. The van der Waals surface area contributed by atoms with Crippen molar-refractivity contribution in [3.8, 4) is 0 Å². The van der Waals surface area contributed by atoms with Crippen LogP contribution in [0.4, 0.5) is 0 Å². The predicted octanol–water partition coefficient (Wildman–Crippen LogP) is 0.105. The van der Waals surface area contributed by atoms with Gasteiger partial charge in [0.1, 0.15) is 0 Å². The highest BCUT2D eigenvalue weighted by molar-refractivity contribution is 7.21. The zero-order valence-corrected chi connectivity index (χ0v) is 7.80. The summed E-state index contributed by atoms with van der Waals surface area (Å²) in [4.78, 5) is 1.58. The minimum absolute atomic E-state index is 0.566. The zero-order chi connectivity index (χ0) is 8.72. The molecule has 0 atom stereocenters. The molecule has 0 radical (unpaired) electrons. The van der Waals surface area contributed by atoms with Crippen LogP contribution in [0.5, 0.6) is 0 Å². The maximum atomic E-state index is 9.67. The highest BCUT2D eigenvalue weighted by atomic mass is 32.1. The summed E-state index contributed by atoms with van der Waals surface area (Å²) in [7, 11) is 1.21. The summed E-state index contributed by atoms with van der Waals surface area (Å²) in [6, 6.07) is 2.00. The first kappa shape index (κ1) is 7.82. The lowest BCUT2D eigenvalue weighted by atomic mass is 9.77. The van der Waals surface area contributed by atoms with E-state index in [-0.39, 0.29) is 0 Å². The molecule has 0 aliphatic carbocycles. The molecular formula is C7H9BN2OS. The standard InChI is InChI=1S/C7H9BN2OS/c1-5-6-3-4-12-7(6)8(11)10(2)9-5/h3-4,11H,1-2H3. The van der Waals surface area contributed by atoms with Gasteiger partial charge in [-0.3, -0.25) is 0 Å². The van der Waals surface area contributed by atoms with E-state index in [1.165, 1.54) is 0 Å². The minimum Gasteiger partial charge on any atom is -0.427 e. The molecule has 0 spiro atoms. The van der Waals surface area contributed by atoms with Crippen molar-refractivity contribution in [2.45, 2.75) is 6.92 Å². The van der Waals surface area contributed by atoms with Crippen LogP contribution in [0.1, 0.15) is 12.5 Å². The number of fused-ring (bicyclic) bond motifs is 1. The number of hydrazone groups is 1. The molecule has 0 bridgehead atoms. The fraction of sp³-hybridized carbons (Fsp3) is 0.286. The Kier molecular flexibility index (Phi) is 1.70. The van der Waals surface area contributed by atoms with Gasteiger partial charge in [0, 0.05) is 17.4 Å². The van der Waals surface area contributed by atoms with Crippen LogP contribution >= 0.6 is 11.3 Å². The van der Waals surface area contributed by atoms with E-state index >= 15 is 0 Å². The van der Waals surface area contributed by atoms with Crippen LogP contribution in [0.15, 0.2) is 16.5 Å². The number of thiophene rings is 1. The van der Waals surface area contributed by atoms with Gasteiger partial charge in [0.15, 0.2) is 0 Å². The molecule has 1 aromatic heterocycles. The first-order valence-corrected chi connectivity index (χ1v) is 4.62. The van der Waals surface area contributed by atoms with E-state index in [9.17, 15) is 5.02 Å². The summed E-state index contributed by atoms with van der Waals surface area (Å²) in [5.41, 5.74) is 2.05. The van der Waals surface area contributed by atoms with E-state index in [0.29, 0.717) is 0 Å².